The average Bonchev–Trinajstić information content (AvgIpc) is 3.28. The molecule has 3 aromatic rings. The topological polar surface area (TPSA) is 59.4 Å². The summed E-state index contributed by atoms with van der Waals surface area (Å²) in [6, 6.07) is 14.0. The number of hydrogen-bond acceptors (Lipinski definition) is 4. The Bertz CT molecular complexity index is 1130. The van der Waals surface area contributed by atoms with E-state index < -0.39 is 0 Å². The van der Waals surface area contributed by atoms with Crippen molar-refractivity contribution in [2.24, 2.45) is 0 Å². The van der Waals surface area contributed by atoms with Crippen LogP contribution in [0.1, 0.15) is 41.1 Å². The monoisotopic (exact) mass is 452 g/mol. The van der Waals surface area contributed by atoms with Crippen molar-refractivity contribution >= 4 is 23.3 Å². The van der Waals surface area contributed by atoms with Crippen molar-refractivity contribution in [1.82, 2.24) is 19.8 Å². The number of halogens is 1. The van der Waals surface area contributed by atoms with Crippen molar-refractivity contribution in [3.63, 3.8) is 0 Å². The van der Waals surface area contributed by atoms with E-state index >= 15 is 0 Å². The number of rotatable bonds is 6. The van der Waals surface area contributed by atoms with Gasteiger partial charge in [-0.05, 0) is 74.1 Å². The summed E-state index contributed by atoms with van der Waals surface area (Å²) in [5, 5.41) is 3.97. The lowest BCUT2D eigenvalue weighted by molar-refractivity contribution is -0.140. The van der Waals surface area contributed by atoms with Crippen LogP contribution in [0.15, 0.2) is 54.7 Å². The van der Waals surface area contributed by atoms with E-state index in [4.69, 9.17) is 17.0 Å². The van der Waals surface area contributed by atoms with Crippen LogP contribution in [0.25, 0.3) is 5.69 Å². The number of ether oxygens (including phenoxy) is 1. The van der Waals surface area contributed by atoms with E-state index in [0.717, 1.165) is 28.3 Å². The van der Waals surface area contributed by atoms with Gasteiger partial charge in [0.25, 0.3) is 0 Å². The van der Waals surface area contributed by atoms with Crippen molar-refractivity contribution in [3.05, 3.63) is 83.2 Å². The van der Waals surface area contributed by atoms with Gasteiger partial charge < -0.3 is 19.5 Å². The summed E-state index contributed by atoms with van der Waals surface area (Å²) in [6.45, 7) is 4.49. The van der Waals surface area contributed by atoms with E-state index in [9.17, 15) is 9.18 Å². The molecule has 1 fully saturated rings. The van der Waals surface area contributed by atoms with Gasteiger partial charge in [-0.25, -0.2) is 4.39 Å². The smallest absolute Gasteiger partial charge is 0.307 e. The Labute approximate surface area is 192 Å². The fourth-order valence-electron chi connectivity index (χ4n) is 4.37. The number of nitrogens with zero attached hydrogens (tertiary/aromatic N) is 3. The number of aryl methyl sites for hydroxylation is 1. The minimum Gasteiger partial charge on any atom is -0.469 e. The first-order valence-electron chi connectivity index (χ1n) is 10.4. The minimum absolute atomic E-state index is 0.164. The normalized spacial score (nSPS) is 18.0. The molecule has 8 heteroatoms. The van der Waals surface area contributed by atoms with Crippen LogP contribution in [0.4, 0.5) is 4.39 Å². The van der Waals surface area contributed by atoms with Gasteiger partial charge in [0, 0.05) is 29.8 Å². The SMILES string of the molecule is COC(=O)CCN1C(=S)N[C@H](c2ccccn2)[C@@H]1c1cc(C)n(-c2ccc(F)cc2)c1C. The van der Waals surface area contributed by atoms with Gasteiger partial charge in [0.1, 0.15) is 5.82 Å². The summed E-state index contributed by atoms with van der Waals surface area (Å²) in [5.74, 6) is -0.560. The van der Waals surface area contributed by atoms with Crippen LogP contribution < -0.4 is 5.32 Å². The highest BCUT2D eigenvalue weighted by atomic mass is 32.1. The van der Waals surface area contributed by atoms with Crippen molar-refractivity contribution in [1.29, 1.82) is 0 Å². The van der Waals surface area contributed by atoms with Crippen LogP contribution in [-0.2, 0) is 9.53 Å². The molecular weight excluding hydrogens is 427 g/mol. The fourth-order valence-corrected chi connectivity index (χ4v) is 4.70. The molecule has 0 bridgehead atoms. The summed E-state index contributed by atoms with van der Waals surface area (Å²) in [6.07, 6.45) is 1.98. The summed E-state index contributed by atoms with van der Waals surface area (Å²) in [4.78, 5) is 18.4. The molecular formula is C24H25FN4O2S. The third-order valence-electron chi connectivity index (χ3n) is 5.86. The van der Waals surface area contributed by atoms with Gasteiger partial charge in [0.2, 0.25) is 0 Å². The Morgan fingerprint density at radius 1 is 1.22 bits per heavy atom. The van der Waals surface area contributed by atoms with E-state index in [2.05, 4.69) is 20.9 Å². The number of carbonyl (C=O) groups is 1. The molecule has 3 heterocycles. The summed E-state index contributed by atoms with van der Waals surface area (Å²) >= 11 is 5.66. The molecule has 1 aliphatic rings. The van der Waals surface area contributed by atoms with Crippen LogP contribution >= 0.6 is 12.2 Å². The molecule has 2 aromatic heterocycles. The van der Waals surface area contributed by atoms with Crippen LogP contribution in [0.3, 0.4) is 0 Å². The molecule has 0 aliphatic carbocycles. The Balaban J connectivity index is 1.78. The van der Waals surface area contributed by atoms with Gasteiger partial charge in [-0.2, -0.15) is 0 Å². The lowest BCUT2D eigenvalue weighted by Gasteiger charge is -2.28. The first-order valence-corrected chi connectivity index (χ1v) is 10.8. The van der Waals surface area contributed by atoms with E-state index in [1.807, 2.05) is 36.9 Å². The number of aromatic nitrogens is 2. The second kappa shape index (κ2) is 9.08. The number of pyridine rings is 1. The first-order chi connectivity index (χ1) is 15.4. The van der Waals surface area contributed by atoms with E-state index in [1.165, 1.54) is 19.2 Å². The maximum atomic E-state index is 13.5. The molecule has 0 spiro atoms. The van der Waals surface area contributed by atoms with Crippen molar-refractivity contribution in [2.75, 3.05) is 13.7 Å². The van der Waals surface area contributed by atoms with E-state index in [1.54, 1.807) is 18.3 Å². The van der Waals surface area contributed by atoms with Crippen molar-refractivity contribution in [3.8, 4) is 5.69 Å². The standard InChI is InChI=1S/C24H25FN4O2S/c1-15-14-19(16(2)29(15)18-9-7-17(25)8-10-18)23-22(20-6-4-5-12-26-20)27-24(32)28(23)13-11-21(30)31-3/h4-10,12,14,22-23H,11,13H2,1-3H3,(H,27,32)/t22-,23+/m1/s1. The van der Waals surface area contributed by atoms with Gasteiger partial charge in [0.05, 0.1) is 31.3 Å². The summed E-state index contributed by atoms with van der Waals surface area (Å²) in [7, 11) is 1.38. The van der Waals surface area contributed by atoms with Gasteiger partial charge in [-0.15, -0.1) is 0 Å². The Hall–Kier alpha value is -3.26. The molecule has 1 aromatic carbocycles. The first kappa shape index (κ1) is 22.0. The number of thiocarbonyl (C=S) groups is 1. The molecule has 4 rings (SSSR count). The quantitative estimate of drug-likeness (QED) is 0.448. The van der Waals surface area contributed by atoms with Crippen LogP contribution in [-0.4, -0.2) is 39.2 Å². The number of benzene rings is 1. The molecule has 32 heavy (non-hydrogen) atoms. The third-order valence-corrected chi connectivity index (χ3v) is 6.21. The zero-order valence-electron chi connectivity index (χ0n) is 18.2. The zero-order chi connectivity index (χ0) is 22.8. The van der Waals surface area contributed by atoms with Gasteiger partial charge in [-0.3, -0.25) is 9.78 Å². The fraction of sp³-hybridized carbons (Fsp3) is 0.292. The van der Waals surface area contributed by atoms with Crippen molar-refractivity contribution in [2.45, 2.75) is 32.4 Å². The lowest BCUT2D eigenvalue weighted by atomic mass is 9.96. The highest BCUT2D eigenvalue weighted by Gasteiger charge is 2.41. The van der Waals surface area contributed by atoms with Crippen LogP contribution in [0.2, 0.25) is 0 Å². The molecule has 0 amide bonds. The molecule has 1 saturated heterocycles. The highest BCUT2D eigenvalue weighted by molar-refractivity contribution is 7.80. The Morgan fingerprint density at radius 2 is 1.97 bits per heavy atom. The summed E-state index contributed by atoms with van der Waals surface area (Å²) in [5.41, 5.74) is 4.87. The second-order valence-electron chi connectivity index (χ2n) is 7.78. The zero-order valence-corrected chi connectivity index (χ0v) is 19.0. The second-order valence-corrected chi connectivity index (χ2v) is 8.17. The van der Waals surface area contributed by atoms with Crippen molar-refractivity contribution < 1.29 is 13.9 Å². The molecule has 1 aliphatic heterocycles. The predicted octanol–water partition coefficient (Wildman–Crippen LogP) is 4.16. The number of methoxy groups -OCH3 is 1. The largest absolute Gasteiger partial charge is 0.469 e. The Morgan fingerprint density at radius 3 is 2.62 bits per heavy atom. The molecule has 0 saturated carbocycles. The summed E-state index contributed by atoms with van der Waals surface area (Å²) < 4.78 is 20.4. The van der Waals surface area contributed by atoms with Gasteiger partial charge >= 0.3 is 5.97 Å². The number of hydrogen-bond donors (Lipinski definition) is 1. The number of carbonyl (C=O) groups excluding carboxylic acids is 1. The lowest BCUT2D eigenvalue weighted by Crippen LogP contribution is -2.32. The predicted molar refractivity (Wildman–Crippen MR) is 124 cm³/mol. The Kier molecular flexibility index (Phi) is 6.23. The number of nitrogens with one attached hydrogen (secondary N) is 1. The number of esters is 1. The van der Waals surface area contributed by atoms with Crippen LogP contribution in [0.5, 0.6) is 0 Å². The van der Waals surface area contributed by atoms with Gasteiger partial charge in [0.15, 0.2) is 5.11 Å². The molecule has 1 N–H and O–H groups in total. The van der Waals surface area contributed by atoms with Gasteiger partial charge in [-0.1, -0.05) is 6.07 Å². The van der Waals surface area contributed by atoms with E-state index in [0.29, 0.717) is 11.7 Å². The molecule has 2 atom stereocenters. The van der Waals surface area contributed by atoms with E-state index in [-0.39, 0.29) is 30.3 Å². The molecule has 0 unspecified atom stereocenters. The third kappa shape index (κ3) is 4.10. The average molecular weight is 453 g/mol. The maximum absolute atomic E-state index is 13.5. The highest BCUT2D eigenvalue weighted by Crippen LogP contribution is 2.41. The van der Waals surface area contributed by atoms with Crippen LogP contribution in [0, 0.1) is 19.7 Å². The minimum atomic E-state index is -0.287. The molecule has 6 nitrogen and oxygen atoms in total. The maximum Gasteiger partial charge on any atom is 0.307 e. The molecule has 0 radical (unpaired) electrons. The molecule has 166 valence electrons.